The van der Waals surface area contributed by atoms with Crippen LogP contribution in [-0.4, -0.2) is 19.0 Å². The van der Waals surface area contributed by atoms with Gasteiger partial charge in [-0.15, -0.1) is 0 Å². The van der Waals surface area contributed by atoms with Gasteiger partial charge >= 0.3 is 5.97 Å². The fourth-order valence-electron chi connectivity index (χ4n) is 1.74. The summed E-state index contributed by atoms with van der Waals surface area (Å²) >= 11 is 0. The summed E-state index contributed by atoms with van der Waals surface area (Å²) < 4.78 is 4.63. The third kappa shape index (κ3) is 3.56. The minimum absolute atomic E-state index is 0.333. The maximum Gasteiger partial charge on any atom is 0.320 e. The normalized spacial score (nSPS) is 11.0. The van der Waals surface area contributed by atoms with Crippen molar-refractivity contribution in [3.63, 3.8) is 0 Å². The number of aryl methyl sites for hydroxylation is 2. The van der Waals surface area contributed by atoms with E-state index in [4.69, 9.17) is 0 Å². The van der Waals surface area contributed by atoms with Crippen LogP contribution in [0.5, 0.6) is 0 Å². The van der Waals surface area contributed by atoms with E-state index in [1.54, 1.807) is 13.8 Å². The SMILES string of the molecule is COC(=O)C(C)(C)C(=O)NCc1cc(C)ccc1C. The van der Waals surface area contributed by atoms with E-state index in [1.807, 2.05) is 32.0 Å². The van der Waals surface area contributed by atoms with Crippen molar-refractivity contribution in [1.29, 1.82) is 0 Å². The van der Waals surface area contributed by atoms with Crippen LogP contribution >= 0.6 is 0 Å². The van der Waals surface area contributed by atoms with E-state index in [0.29, 0.717) is 6.54 Å². The molecule has 1 amide bonds. The Morgan fingerprint density at radius 2 is 1.89 bits per heavy atom. The van der Waals surface area contributed by atoms with E-state index in [0.717, 1.165) is 16.7 Å². The number of hydrogen-bond acceptors (Lipinski definition) is 3. The van der Waals surface area contributed by atoms with Crippen LogP contribution < -0.4 is 5.32 Å². The lowest BCUT2D eigenvalue weighted by molar-refractivity contribution is -0.156. The first kappa shape index (κ1) is 15.2. The fraction of sp³-hybridized carbons (Fsp3) is 0.467. The van der Waals surface area contributed by atoms with Gasteiger partial charge in [0.25, 0.3) is 0 Å². The molecule has 104 valence electrons. The molecule has 0 aliphatic carbocycles. The highest BCUT2D eigenvalue weighted by molar-refractivity contribution is 6.01. The standard InChI is InChI=1S/C15H21NO3/c1-10-6-7-11(2)12(8-10)9-16-13(17)15(3,4)14(18)19-5/h6-8H,9H2,1-5H3,(H,16,17). The summed E-state index contributed by atoms with van der Waals surface area (Å²) in [4.78, 5) is 23.5. The Morgan fingerprint density at radius 3 is 2.47 bits per heavy atom. The van der Waals surface area contributed by atoms with Crippen LogP contribution in [0.2, 0.25) is 0 Å². The van der Waals surface area contributed by atoms with E-state index in [1.165, 1.54) is 7.11 Å². The van der Waals surface area contributed by atoms with Crippen molar-refractivity contribution < 1.29 is 14.3 Å². The number of methoxy groups -OCH3 is 1. The van der Waals surface area contributed by atoms with Gasteiger partial charge < -0.3 is 10.1 Å². The molecule has 4 heteroatoms. The second-order valence-corrected chi connectivity index (χ2v) is 5.23. The van der Waals surface area contributed by atoms with Crippen molar-refractivity contribution in [3.8, 4) is 0 Å². The molecule has 0 saturated heterocycles. The van der Waals surface area contributed by atoms with Gasteiger partial charge in [-0.25, -0.2) is 0 Å². The summed E-state index contributed by atoms with van der Waals surface area (Å²) in [6.07, 6.45) is 0. The first-order valence-electron chi connectivity index (χ1n) is 6.22. The molecule has 4 nitrogen and oxygen atoms in total. The third-order valence-electron chi connectivity index (χ3n) is 3.21. The lowest BCUT2D eigenvalue weighted by Crippen LogP contribution is -2.42. The highest BCUT2D eigenvalue weighted by Gasteiger charge is 2.36. The summed E-state index contributed by atoms with van der Waals surface area (Å²) in [5.41, 5.74) is 2.13. The number of carbonyl (C=O) groups is 2. The largest absolute Gasteiger partial charge is 0.468 e. The maximum atomic E-state index is 12.0. The number of benzene rings is 1. The number of nitrogens with one attached hydrogen (secondary N) is 1. The predicted molar refractivity (Wildman–Crippen MR) is 73.6 cm³/mol. The summed E-state index contributed by atoms with van der Waals surface area (Å²) in [5.74, 6) is -0.869. The molecule has 0 aliphatic heterocycles. The van der Waals surface area contributed by atoms with Crippen molar-refractivity contribution in [1.82, 2.24) is 5.32 Å². The first-order valence-corrected chi connectivity index (χ1v) is 6.22. The van der Waals surface area contributed by atoms with E-state index >= 15 is 0 Å². The molecule has 0 fully saturated rings. The lowest BCUT2D eigenvalue weighted by atomic mass is 9.92. The number of carbonyl (C=O) groups excluding carboxylic acids is 2. The van der Waals surface area contributed by atoms with Crippen LogP contribution in [-0.2, 0) is 20.9 Å². The van der Waals surface area contributed by atoms with Gasteiger partial charge in [-0.3, -0.25) is 9.59 Å². The Balaban J connectivity index is 2.74. The van der Waals surface area contributed by atoms with Gasteiger partial charge in [0.2, 0.25) is 5.91 Å². The number of hydrogen-bond donors (Lipinski definition) is 1. The second-order valence-electron chi connectivity index (χ2n) is 5.23. The molecule has 0 atom stereocenters. The summed E-state index contributed by atoms with van der Waals surface area (Å²) in [7, 11) is 1.28. The minimum Gasteiger partial charge on any atom is -0.468 e. The quantitative estimate of drug-likeness (QED) is 0.668. The number of rotatable bonds is 4. The molecule has 1 aromatic rings. The average Bonchev–Trinajstić information content (AvgIpc) is 2.38. The Labute approximate surface area is 114 Å². The van der Waals surface area contributed by atoms with Crippen LogP contribution in [0.25, 0.3) is 0 Å². The van der Waals surface area contributed by atoms with Crippen molar-refractivity contribution in [2.75, 3.05) is 7.11 Å². The fourth-order valence-corrected chi connectivity index (χ4v) is 1.74. The zero-order valence-corrected chi connectivity index (χ0v) is 12.2. The number of esters is 1. The molecule has 0 heterocycles. The molecule has 0 bridgehead atoms. The molecule has 0 unspecified atom stereocenters. The third-order valence-corrected chi connectivity index (χ3v) is 3.21. The number of amides is 1. The van der Waals surface area contributed by atoms with Crippen molar-refractivity contribution >= 4 is 11.9 Å². The Hall–Kier alpha value is -1.84. The molecule has 0 spiro atoms. The molecule has 1 aromatic carbocycles. The average molecular weight is 263 g/mol. The highest BCUT2D eigenvalue weighted by Crippen LogP contribution is 2.18. The van der Waals surface area contributed by atoms with Crippen LogP contribution in [0.4, 0.5) is 0 Å². The molecule has 0 aromatic heterocycles. The van der Waals surface area contributed by atoms with Gasteiger partial charge in [-0.05, 0) is 38.8 Å². The molecule has 1 rings (SSSR count). The highest BCUT2D eigenvalue weighted by atomic mass is 16.5. The Morgan fingerprint density at radius 1 is 1.26 bits per heavy atom. The van der Waals surface area contributed by atoms with Gasteiger partial charge in [-0.1, -0.05) is 23.8 Å². The first-order chi connectivity index (χ1) is 8.78. The van der Waals surface area contributed by atoms with E-state index in [9.17, 15) is 9.59 Å². The molecule has 0 radical (unpaired) electrons. The van der Waals surface area contributed by atoms with E-state index in [-0.39, 0.29) is 5.91 Å². The van der Waals surface area contributed by atoms with E-state index < -0.39 is 11.4 Å². The van der Waals surface area contributed by atoms with Crippen molar-refractivity contribution in [2.24, 2.45) is 5.41 Å². The van der Waals surface area contributed by atoms with Crippen molar-refractivity contribution in [2.45, 2.75) is 34.2 Å². The monoisotopic (exact) mass is 263 g/mol. The van der Waals surface area contributed by atoms with Crippen LogP contribution in [0.1, 0.15) is 30.5 Å². The van der Waals surface area contributed by atoms with Gasteiger partial charge in [-0.2, -0.15) is 0 Å². The molecule has 0 aliphatic rings. The maximum absolute atomic E-state index is 12.0. The zero-order chi connectivity index (χ0) is 14.6. The summed E-state index contributed by atoms with van der Waals surface area (Å²) in [5, 5.41) is 2.78. The summed E-state index contributed by atoms with van der Waals surface area (Å²) in [6.45, 7) is 7.51. The summed E-state index contributed by atoms with van der Waals surface area (Å²) in [6, 6.07) is 6.07. The minimum atomic E-state index is -1.17. The molecule has 19 heavy (non-hydrogen) atoms. The zero-order valence-electron chi connectivity index (χ0n) is 12.2. The smallest absolute Gasteiger partial charge is 0.320 e. The van der Waals surface area contributed by atoms with Gasteiger partial charge in [0.1, 0.15) is 5.41 Å². The second kappa shape index (κ2) is 5.87. The Kier molecular flexibility index (Phi) is 4.70. The van der Waals surface area contributed by atoms with Crippen LogP contribution in [0.15, 0.2) is 18.2 Å². The lowest BCUT2D eigenvalue weighted by Gasteiger charge is -2.21. The predicted octanol–water partition coefficient (Wildman–Crippen LogP) is 2.12. The number of ether oxygens (including phenoxy) is 1. The van der Waals surface area contributed by atoms with Crippen molar-refractivity contribution in [3.05, 3.63) is 34.9 Å². The topological polar surface area (TPSA) is 55.4 Å². The van der Waals surface area contributed by atoms with E-state index in [2.05, 4.69) is 10.1 Å². The Bertz CT molecular complexity index is 492. The molecular formula is C15H21NO3. The molecule has 1 N–H and O–H groups in total. The molecular weight excluding hydrogens is 242 g/mol. The van der Waals surface area contributed by atoms with Gasteiger partial charge in [0.15, 0.2) is 0 Å². The van der Waals surface area contributed by atoms with Gasteiger partial charge in [0, 0.05) is 6.54 Å². The van der Waals surface area contributed by atoms with Crippen LogP contribution in [0.3, 0.4) is 0 Å². The van der Waals surface area contributed by atoms with Gasteiger partial charge in [0.05, 0.1) is 7.11 Å². The van der Waals surface area contributed by atoms with Crippen LogP contribution in [0, 0.1) is 19.3 Å². The molecule has 0 saturated carbocycles.